The molecule has 0 heterocycles. The Morgan fingerprint density at radius 2 is 1.79 bits per heavy atom. The topological polar surface area (TPSA) is 85.3 Å². The molecule has 1 amide bonds. The Labute approximate surface area is 162 Å². The van der Waals surface area contributed by atoms with Crippen LogP contribution in [0.2, 0.25) is 0 Å². The van der Waals surface area contributed by atoms with Gasteiger partial charge < -0.3 is 24.2 Å². The van der Waals surface area contributed by atoms with Gasteiger partial charge in [-0.05, 0) is 37.3 Å². The van der Waals surface area contributed by atoms with Gasteiger partial charge in [-0.1, -0.05) is 12.1 Å². The van der Waals surface area contributed by atoms with Gasteiger partial charge in [-0.3, -0.25) is 4.79 Å². The number of hydrogen-bond acceptors (Lipinski definition) is 5. The van der Waals surface area contributed by atoms with E-state index in [1.54, 1.807) is 26.1 Å². The van der Waals surface area contributed by atoms with Crippen LogP contribution in [0.4, 0.5) is 4.39 Å². The molecule has 2 aromatic carbocycles. The number of amides is 1. The van der Waals surface area contributed by atoms with E-state index < -0.39 is 18.4 Å². The van der Waals surface area contributed by atoms with E-state index in [1.165, 1.54) is 35.2 Å². The number of halogens is 1. The van der Waals surface area contributed by atoms with E-state index in [0.29, 0.717) is 12.2 Å². The summed E-state index contributed by atoms with van der Waals surface area (Å²) in [5, 5.41) is 8.73. The molecule has 0 aliphatic carbocycles. The van der Waals surface area contributed by atoms with E-state index in [9.17, 15) is 14.0 Å². The van der Waals surface area contributed by atoms with Crippen molar-refractivity contribution < 1.29 is 33.3 Å². The molecule has 0 aromatic heterocycles. The molecule has 0 aliphatic heterocycles. The molecule has 1 N–H and O–H groups in total. The molecule has 0 fully saturated rings. The summed E-state index contributed by atoms with van der Waals surface area (Å²) in [5.74, 6) is -1.21. The zero-order valence-corrected chi connectivity index (χ0v) is 15.7. The lowest BCUT2D eigenvalue weighted by Crippen LogP contribution is -2.31. The number of benzene rings is 2. The Balaban J connectivity index is 2.00. The molecule has 0 atom stereocenters. The third-order valence-electron chi connectivity index (χ3n) is 3.71. The van der Waals surface area contributed by atoms with Gasteiger partial charge in [0.1, 0.15) is 6.61 Å². The maximum atomic E-state index is 13.5. The Hall–Kier alpha value is -3.29. The quantitative estimate of drug-likeness (QED) is 0.670. The molecular formula is C20H22FNO6. The Bertz CT molecular complexity index is 826. The molecule has 150 valence electrons. The first-order valence-electron chi connectivity index (χ1n) is 8.66. The zero-order valence-electron chi connectivity index (χ0n) is 15.7. The average molecular weight is 391 g/mol. The first kappa shape index (κ1) is 21.0. The van der Waals surface area contributed by atoms with Crippen LogP contribution in [0.5, 0.6) is 17.2 Å². The van der Waals surface area contributed by atoms with Gasteiger partial charge in [-0.2, -0.15) is 0 Å². The fourth-order valence-corrected chi connectivity index (χ4v) is 2.34. The third kappa shape index (κ3) is 5.87. The van der Waals surface area contributed by atoms with Crippen LogP contribution >= 0.6 is 0 Å². The van der Waals surface area contributed by atoms with Crippen molar-refractivity contribution in [2.24, 2.45) is 0 Å². The molecule has 0 radical (unpaired) electrons. The number of ether oxygens (including phenoxy) is 3. The monoisotopic (exact) mass is 391 g/mol. The van der Waals surface area contributed by atoms with Crippen molar-refractivity contribution in [3.63, 3.8) is 0 Å². The summed E-state index contributed by atoms with van der Waals surface area (Å²) in [6.45, 7) is 1.95. The second kappa shape index (κ2) is 10.1. The minimum atomic E-state index is -1.11. The normalized spacial score (nSPS) is 10.2. The molecule has 28 heavy (non-hydrogen) atoms. The molecule has 0 unspecified atom stereocenters. The van der Waals surface area contributed by atoms with E-state index in [1.807, 2.05) is 0 Å². The highest BCUT2D eigenvalue weighted by atomic mass is 19.1. The number of hydrogen-bond donors (Lipinski definition) is 1. The van der Waals surface area contributed by atoms with Gasteiger partial charge >= 0.3 is 5.97 Å². The summed E-state index contributed by atoms with van der Waals surface area (Å²) in [6, 6.07) is 10.6. The molecular weight excluding hydrogens is 369 g/mol. The van der Waals surface area contributed by atoms with E-state index >= 15 is 0 Å². The second-order valence-corrected chi connectivity index (χ2v) is 5.78. The summed E-state index contributed by atoms with van der Waals surface area (Å²) in [4.78, 5) is 24.7. The largest absolute Gasteiger partial charge is 0.490 e. The summed E-state index contributed by atoms with van der Waals surface area (Å²) in [5.41, 5.74) is 0.347. The zero-order chi connectivity index (χ0) is 20.5. The number of aliphatic carboxylic acids is 1. The highest BCUT2D eigenvalue weighted by Gasteiger charge is 2.16. The highest BCUT2D eigenvalue weighted by Crippen LogP contribution is 2.29. The van der Waals surface area contributed by atoms with Crippen molar-refractivity contribution in [1.29, 1.82) is 0 Å². The van der Waals surface area contributed by atoms with Gasteiger partial charge in [0.05, 0.1) is 13.2 Å². The number of carboxylic acids is 1. The molecule has 7 nitrogen and oxygen atoms in total. The number of carbonyl (C=O) groups is 2. The maximum Gasteiger partial charge on any atom is 0.341 e. The van der Waals surface area contributed by atoms with Crippen molar-refractivity contribution in [3.8, 4) is 17.2 Å². The van der Waals surface area contributed by atoms with E-state index in [2.05, 4.69) is 0 Å². The predicted molar refractivity (Wildman–Crippen MR) is 99.6 cm³/mol. The Morgan fingerprint density at radius 1 is 1.04 bits per heavy atom. The fourth-order valence-electron chi connectivity index (χ4n) is 2.34. The lowest BCUT2D eigenvalue weighted by atomic mass is 10.1. The van der Waals surface area contributed by atoms with Gasteiger partial charge in [-0.25, -0.2) is 9.18 Å². The lowest BCUT2D eigenvalue weighted by Gasteiger charge is -2.19. The van der Waals surface area contributed by atoms with Gasteiger partial charge in [-0.15, -0.1) is 0 Å². The second-order valence-electron chi connectivity index (χ2n) is 5.78. The lowest BCUT2D eigenvalue weighted by molar-refractivity contribution is -0.139. The van der Waals surface area contributed by atoms with Crippen LogP contribution in [-0.4, -0.2) is 55.3 Å². The number of likely N-dealkylation sites (N-methyl/N-ethyl adjacent to an activating group) is 1. The first-order chi connectivity index (χ1) is 13.4. The average Bonchev–Trinajstić information content (AvgIpc) is 2.68. The highest BCUT2D eigenvalue weighted by molar-refractivity contribution is 5.94. The number of carbonyl (C=O) groups excluding carboxylic acids is 1. The minimum absolute atomic E-state index is 0.126. The molecule has 2 aromatic rings. The number of nitrogens with zero attached hydrogens (tertiary/aromatic N) is 1. The predicted octanol–water partition coefficient (Wildman–Crippen LogP) is 2.84. The summed E-state index contributed by atoms with van der Waals surface area (Å²) in [6.07, 6.45) is 0. The Kier molecular flexibility index (Phi) is 7.62. The Morgan fingerprint density at radius 3 is 2.46 bits per heavy atom. The molecule has 0 bridgehead atoms. The van der Waals surface area contributed by atoms with Crippen molar-refractivity contribution in [2.45, 2.75) is 6.92 Å². The molecule has 0 aliphatic rings. The first-order valence-corrected chi connectivity index (χ1v) is 8.66. The molecule has 0 saturated heterocycles. The number of rotatable bonds is 10. The van der Waals surface area contributed by atoms with Crippen LogP contribution in [0.15, 0.2) is 42.5 Å². The number of carboxylic acid groups (broad SMARTS) is 1. The van der Waals surface area contributed by atoms with Crippen LogP contribution in [-0.2, 0) is 4.79 Å². The van der Waals surface area contributed by atoms with Crippen LogP contribution < -0.4 is 14.2 Å². The van der Waals surface area contributed by atoms with Crippen LogP contribution in [0.3, 0.4) is 0 Å². The number of para-hydroxylation sites is 1. The van der Waals surface area contributed by atoms with Crippen LogP contribution in [0.1, 0.15) is 17.3 Å². The SMILES string of the molecule is CCOc1cc(C(=O)N(C)CCOc2ccccc2F)ccc1OCC(=O)O. The van der Waals surface area contributed by atoms with Crippen LogP contribution in [0.25, 0.3) is 0 Å². The summed E-state index contributed by atoms with van der Waals surface area (Å²) >= 11 is 0. The van der Waals surface area contributed by atoms with Crippen molar-refractivity contribution in [3.05, 3.63) is 53.8 Å². The van der Waals surface area contributed by atoms with Gasteiger partial charge in [0.2, 0.25) is 0 Å². The smallest absolute Gasteiger partial charge is 0.341 e. The van der Waals surface area contributed by atoms with Crippen molar-refractivity contribution in [1.82, 2.24) is 4.90 Å². The molecule has 0 spiro atoms. The molecule has 2 rings (SSSR count). The third-order valence-corrected chi connectivity index (χ3v) is 3.71. The summed E-state index contributed by atoms with van der Waals surface area (Å²) < 4.78 is 29.5. The van der Waals surface area contributed by atoms with Gasteiger partial charge in [0.15, 0.2) is 29.7 Å². The fraction of sp³-hybridized carbons (Fsp3) is 0.300. The van der Waals surface area contributed by atoms with E-state index in [-0.39, 0.29) is 36.3 Å². The minimum Gasteiger partial charge on any atom is -0.490 e. The van der Waals surface area contributed by atoms with Gasteiger partial charge in [0, 0.05) is 12.6 Å². The molecule has 8 heteroatoms. The van der Waals surface area contributed by atoms with Crippen LogP contribution in [0, 0.1) is 5.82 Å². The summed E-state index contributed by atoms with van der Waals surface area (Å²) in [7, 11) is 1.60. The van der Waals surface area contributed by atoms with Crippen molar-refractivity contribution in [2.75, 3.05) is 33.4 Å². The molecule has 0 saturated carbocycles. The van der Waals surface area contributed by atoms with Gasteiger partial charge in [0.25, 0.3) is 5.91 Å². The maximum absolute atomic E-state index is 13.5. The standard InChI is InChI=1S/C20H22FNO6/c1-3-26-18-12-14(8-9-17(18)28-13-19(23)24)20(25)22(2)10-11-27-16-7-5-4-6-15(16)21/h4-9,12H,3,10-11,13H2,1-2H3,(H,23,24). The van der Waals surface area contributed by atoms with E-state index in [4.69, 9.17) is 19.3 Å². The van der Waals surface area contributed by atoms with Crippen molar-refractivity contribution >= 4 is 11.9 Å². The van der Waals surface area contributed by atoms with E-state index in [0.717, 1.165) is 0 Å².